The normalized spacial score (nSPS) is 18.0. The molecule has 3 aromatic carbocycles. The van der Waals surface area contributed by atoms with Crippen LogP contribution in [0.15, 0.2) is 59.5 Å². The molecule has 172 valence electrons. The van der Waals surface area contributed by atoms with Gasteiger partial charge in [0.2, 0.25) is 0 Å². The van der Waals surface area contributed by atoms with Crippen LogP contribution in [0.25, 0.3) is 0 Å². The van der Waals surface area contributed by atoms with Crippen molar-refractivity contribution in [2.75, 3.05) is 12.9 Å². The fourth-order valence-corrected chi connectivity index (χ4v) is 5.40. The van der Waals surface area contributed by atoms with Gasteiger partial charge < -0.3 is 14.6 Å². The molecular formula is C28H25NO4S. The van der Waals surface area contributed by atoms with Gasteiger partial charge in [-0.3, -0.25) is 4.79 Å². The van der Waals surface area contributed by atoms with E-state index in [-0.39, 0.29) is 18.4 Å². The molecular weight excluding hydrogens is 446 g/mol. The zero-order chi connectivity index (χ0) is 23.7. The van der Waals surface area contributed by atoms with Gasteiger partial charge in [0.05, 0.1) is 24.7 Å². The highest BCUT2D eigenvalue weighted by atomic mass is 32.2. The third kappa shape index (κ3) is 4.36. The third-order valence-electron chi connectivity index (χ3n) is 6.70. The molecule has 1 aliphatic heterocycles. The minimum Gasteiger partial charge on any atom is -0.492 e. The second kappa shape index (κ2) is 9.44. The molecule has 0 bridgehead atoms. The smallest absolute Gasteiger partial charge is 0.304 e. The predicted molar refractivity (Wildman–Crippen MR) is 131 cm³/mol. The quantitative estimate of drug-likeness (QED) is 0.433. The minimum atomic E-state index is -0.822. The molecule has 0 fully saturated rings. The number of rotatable bonds is 7. The number of carboxylic acid groups (broad SMARTS) is 1. The van der Waals surface area contributed by atoms with Crippen LogP contribution < -0.4 is 9.47 Å². The summed E-state index contributed by atoms with van der Waals surface area (Å²) < 4.78 is 12.1. The van der Waals surface area contributed by atoms with Crippen molar-refractivity contribution >= 4 is 17.7 Å². The first-order chi connectivity index (χ1) is 16.6. The lowest BCUT2D eigenvalue weighted by molar-refractivity contribution is -0.137. The molecule has 0 saturated carbocycles. The number of nitrogens with zero attached hydrogens (tertiary/aromatic N) is 1. The number of hydrogen-bond acceptors (Lipinski definition) is 5. The van der Waals surface area contributed by atoms with Crippen LogP contribution in [0.5, 0.6) is 11.5 Å². The maximum atomic E-state index is 11.1. The zero-order valence-corrected chi connectivity index (χ0v) is 19.7. The summed E-state index contributed by atoms with van der Waals surface area (Å²) in [5.41, 5.74) is 6.30. The van der Waals surface area contributed by atoms with Gasteiger partial charge in [-0.05, 0) is 72.0 Å². The van der Waals surface area contributed by atoms with Crippen molar-refractivity contribution in [3.63, 3.8) is 0 Å². The van der Waals surface area contributed by atoms with Crippen molar-refractivity contribution in [2.45, 2.75) is 42.6 Å². The molecule has 2 atom stereocenters. The zero-order valence-electron chi connectivity index (χ0n) is 18.9. The molecule has 0 amide bonds. The number of benzene rings is 3. The predicted octanol–water partition coefficient (Wildman–Crippen LogP) is 5.89. The lowest BCUT2D eigenvalue weighted by Crippen LogP contribution is -2.07. The van der Waals surface area contributed by atoms with Gasteiger partial charge in [0, 0.05) is 22.4 Å². The number of aliphatic carboxylic acids is 1. The van der Waals surface area contributed by atoms with E-state index in [0.29, 0.717) is 18.1 Å². The van der Waals surface area contributed by atoms with Gasteiger partial charge in [-0.15, -0.1) is 11.8 Å². The summed E-state index contributed by atoms with van der Waals surface area (Å²) in [5.74, 6) is 0.477. The Morgan fingerprint density at radius 3 is 2.71 bits per heavy atom. The summed E-state index contributed by atoms with van der Waals surface area (Å²) in [6.07, 6.45) is 4.49. The fourth-order valence-electron chi connectivity index (χ4n) is 4.99. The van der Waals surface area contributed by atoms with Gasteiger partial charge in [0.25, 0.3) is 0 Å². The van der Waals surface area contributed by atoms with Crippen LogP contribution in [-0.4, -0.2) is 23.9 Å². The van der Waals surface area contributed by atoms with Crippen molar-refractivity contribution in [3.05, 3.63) is 88.0 Å². The van der Waals surface area contributed by atoms with E-state index in [1.807, 2.05) is 30.3 Å². The Labute approximate surface area is 203 Å². The molecule has 0 spiro atoms. The van der Waals surface area contributed by atoms with Gasteiger partial charge in [-0.25, -0.2) is 0 Å². The van der Waals surface area contributed by atoms with Crippen LogP contribution in [0.1, 0.15) is 58.2 Å². The Morgan fingerprint density at radius 2 is 1.97 bits per heavy atom. The number of hydrogen-bond donors (Lipinski definition) is 1. The van der Waals surface area contributed by atoms with E-state index < -0.39 is 5.97 Å². The molecule has 5 nitrogen and oxygen atoms in total. The summed E-state index contributed by atoms with van der Waals surface area (Å²) in [7, 11) is 0. The van der Waals surface area contributed by atoms with Gasteiger partial charge in [-0.1, -0.05) is 24.3 Å². The monoisotopic (exact) mass is 471 g/mol. The molecule has 0 aromatic heterocycles. The van der Waals surface area contributed by atoms with E-state index in [1.165, 1.54) is 16.0 Å². The first kappa shape index (κ1) is 22.4. The summed E-state index contributed by atoms with van der Waals surface area (Å²) >= 11 is 1.72. The lowest BCUT2D eigenvalue weighted by atomic mass is 9.92. The van der Waals surface area contributed by atoms with Gasteiger partial charge in [0.15, 0.2) is 0 Å². The third-order valence-corrected chi connectivity index (χ3v) is 7.44. The Morgan fingerprint density at radius 1 is 1.18 bits per heavy atom. The molecule has 6 heteroatoms. The van der Waals surface area contributed by atoms with Crippen molar-refractivity contribution in [2.24, 2.45) is 0 Å². The molecule has 0 saturated heterocycles. The molecule has 0 unspecified atom stereocenters. The van der Waals surface area contributed by atoms with E-state index in [2.05, 4.69) is 36.6 Å². The van der Waals surface area contributed by atoms with Crippen LogP contribution in [-0.2, 0) is 17.6 Å². The Balaban J connectivity index is 1.38. The topological polar surface area (TPSA) is 79.5 Å². The van der Waals surface area contributed by atoms with E-state index in [0.717, 1.165) is 41.5 Å². The Kier molecular flexibility index (Phi) is 6.21. The van der Waals surface area contributed by atoms with E-state index >= 15 is 0 Å². The summed E-state index contributed by atoms with van der Waals surface area (Å²) in [6, 6.07) is 20.5. The van der Waals surface area contributed by atoms with Gasteiger partial charge >= 0.3 is 5.97 Å². The Hall–Kier alpha value is -3.43. The maximum Gasteiger partial charge on any atom is 0.304 e. The molecule has 3 aromatic rings. The fraction of sp³-hybridized carbons (Fsp3) is 0.286. The van der Waals surface area contributed by atoms with Crippen molar-refractivity contribution in [1.29, 1.82) is 5.26 Å². The van der Waals surface area contributed by atoms with Crippen molar-refractivity contribution in [1.82, 2.24) is 0 Å². The second-order valence-electron chi connectivity index (χ2n) is 8.75. The van der Waals surface area contributed by atoms with Crippen LogP contribution in [0.3, 0.4) is 0 Å². The molecule has 1 heterocycles. The van der Waals surface area contributed by atoms with E-state index in [9.17, 15) is 10.1 Å². The van der Waals surface area contributed by atoms with Crippen LogP contribution in [0.2, 0.25) is 0 Å². The number of thioether (sulfide) groups is 1. The maximum absolute atomic E-state index is 11.1. The number of ether oxygens (including phenoxy) is 2. The summed E-state index contributed by atoms with van der Waals surface area (Å²) in [6.45, 7) is 0.384. The Bertz CT molecular complexity index is 1280. The van der Waals surface area contributed by atoms with Gasteiger partial charge in [0.1, 0.15) is 17.6 Å². The van der Waals surface area contributed by atoms with E-state index in [1.54, 1.807) is 11.8 Å². The highest BCUT2D eigenvalue weighted by molar-refractivity contribution is 7.98. The van der Waals surface area contributed by atoms with Crippen molar-refractivity contribution in [3.8, 4) is 17.6 Å². The van der Waals surface area contributed by atoms with Crippen molar-refractivity contribution < 1.29 is 19.4 Å². The minimum absolute atomic E-state index is 0.0627. The van der Waals surface area contributed by atoms with Crippen LogP contribution in [0, 0.1) is 11.3 Å². The molecule has 0 radical (unpaired) electrons. The lowest BCUT2D eigenvalue weighted by Gasteiger charge is -2.17. The second-order valence-corrected chi connectivity index (χ2v) is 9.63. The van der Waals surface area contributed by atoms with E-state index in [4.69, 9.17) is 14.6 Å². The number of fused-ring (bicyclic) bond motifs is 2. The highest BCUT2D eigenvalue weighted by Crippen LogP contribution is 2.42. The summed E-state index contributed by atoms with van der Waals surface area (Å²) in [4.78, 5) is 12.3. The molecule has 2 aliphatic rings. The average Bonchev–Trinajstić information content (AvgIpc) is 3.43. The molecule has 1 N–H and O–H groups in total. The molecule has 1 aliphatic carbocycles. The molecule has 34 heavy (non-hydrogen) atoms. The standard InChI is InChI=1S/C28H25NO4S/c1-34-21-6-2-17(3-7-21)12-25-18(15-29)4-8-24-23(25)10-11-26(24)33-20-5-9-22-19(13-28(30)31)16-32-27(22)14-20/h2-9,14,19,26H,10-13,16H2,1H3,(H,30,31)/t19-,26-/m1/s1. The molecule has 5 rings (SSSR count). The first-order valence-electron chi connectivity index (χ1n) is 11.4. The number of nitriles is 1. The average molecular weight is 472 g/mol. The number of carbonyl (C=O) groups is 1. The highest BCUT2D eigenvalue weighted by Gasteiger charge is 2.30. The summed E-state index contributed by atoms with van der Waals surface area (Å²) in [5, 5.41) is 18.9. The number of carboxylic acids is 1. The SMILES string of the molecule is CSc1ccc(Cc2c(C#N)ccc3c2CC[C@H]3Oc2ccc3c(c2)OC[C@H]3CC(=O)O)cc1. The van der Waals surface area contributed by atoms with Gasteiger partial charge in [-0.2, -0.15) is 5.26 Å². The first-order valence-corrected chi connectivity index (χ1v) is 12.6. The van der Waals surface area contributed by atoms with Crippen LogP contribution >= 0.6 is 11.8 Å². The largest absolute Gasteiger partial charge is 0.492 e. The van der Waals surface area contributed by atoms with Crippen LogP contribution in [0.4, 0.5) is 0 Å².